The summed E-state index contributed by atoms with van der Waals surface area (Å²) in [6.45, 7) is 3.69. The fraction of sp³-hybridized carbons (Fsp3) is 0.263. The molecular formula is C19H21NO4. The lowest BCUT2D eigenvalue weighted by atomic mass is 10.0. The van der Waals surface area contributed by atoms with E-state index in [1.54, 1.807) is 24.3 Å². The van der Waals surface area contributed by atoms with Crippen LogP contribution in [0.1, 0.15) is 24.2 Å². The number of carbonyl (C=O) groups is 2. The molecule has 2 aromatic carbocycles. The van der Waals surface area contributed by atoms with E-state index >= 15 is 0 Å². The lowest BCUT2D eigenvalue weighted by Gasteiger charge is -2.19. The van der Waals surface area contributed by atoms with Gasteiger partial charge in [-0.3, -0.25) is 4.79 Å². The molecule has 2 rings (SSSR count). The standard InChI is InChI=1S/C19H21NO4/c1-13(2)17(19(22)23-3)20-18(21)14-8-7-11-16(12-14)24-15-9-5-4-6-10-15/h4-13,17H,1-3H3,(H,20,21)/t17-/m0/s1. The van der Waals surface area contributed by atoms with E-state index in [0.717, 1.165) is 0 Å². The summed E-state index contributed by atoms with van der Waals surface area (Å²) in [4.78, 5) is 24.2. The van der Waals surface area contributed by atoms with Gasteiger partial charge in [0, 0.05) is 5.56 Å². The number of carbonyl (C=O) groups excluding carboxylic acids is 2. The summed E-state index contributed by atoms with van der Waals surface area (Å²) in [6.07, 6.45) is 0. The molecule has 24 heavy (non-hydrogen) atoms. The van der Waals surface area contributed by atoms with Crippen molar-refractivity contribution in [2.45, 2.75) is 19.9 Å². The maximum absolute atomic E-state index is 12.4. The summed E-state index contributed by atoms with van der Waals surface area (Å²) in [6, 6.07) is 15.4. The molecule has 1 atom stereocenters. The van der Waals surface area contributed by atoms with E-state index in [9.17, 15) is 9.59 Å². The highest BCUT2D eigenvalue weighted by molar-refractivity contribution is 5.97. The Morgan fingerprint density at radius 1 is 0.958 bits per heavy atom. The molecule has 0 fully saturated rings. The average Bonchev–Trinajstić information content (AvgIpc) is 2.59. The van der Waals surface area contributed by atoms with Crippen molar-refractivity contribution in [2.75, 3.05) is 7.11 Å². The van der Waals surface area contributed by atoms with Crippen LogP contribution in [-0.2, 0) is 9.53 Å². The highest BCUT2D eigenvalue weighted by Gasteiger charge is 2.25. The minimum absolute atomic E-state index is 0.0786. The number of para-hydroxylation sites is 1. The lowest BCUT2D eigenvalue weighted by molar-refractivity contribution is -0.144. The van der Waals surface area contributed by atoms with Gasteiger partial charge in [0.1, 0.15) is 17.5 Å². The fourth-order valence-corrected chi connectivity index (χ4v) is 2.17. The molecule has 0 radical (unpaired) electrons. The highest BCUT2D eigenvalue weighted by atomic mass is 16.5. The number of amides is 1. The SMILES string of the molecule is COC(=O)[C@@H](NC(=O)c1cccc(Oc2ccccc2)c1)C(C)C. The van der Waals surface area contributed by atoms with Crippen LogP contribution in [0.2, 0.25) is 0 Å². The highest BCUT2D eigenvalue weighted by Crippen LogP contribution is 2.22. The van der Waals surface area contributed by atoms with Crippen molar-refractivity contribution in [3.8, 4) is 11.5 Å². The molecule has 5 heteroatoms. The van der Waals surface area contributed by atoms with E-state index in [1.165, 1.54) is 7.11 Å². The van der Waals surface area contributed by atoms with Crippen LogP contribution in [0.25, 0.3) is 0 Å². The van der Waals surface area contributed by atoms with Crippen LogP contribution < -0.4 is 10.1 Å². The topological polar surface area (TPSA) is 64.6 Å². The van der Waals surface area contributed by atoms with Crippen LogP contribution in [0.4, 0.5) is 0 Å². The number of hydrogen-bond acceptors (Lipinski definition) is 4. The number of methoxy groups -OCH3 is 1. The molecule has 0 unspecified atom stereocenters. The molecule has 0 heterocycles. The largest absolute Gasteiger partial charge is 0.467 e. The van der Waals surface area contributed by atoms with Gasteiger partial charge >= 0.3 is 5.97 Å². The molecule has 0 bridgehead atoms. The third kappa shape index (κ3) is 4.59. The van der Waals surface area contributed by atoms with Crippen molar-refractivity contribution in [2.24, 2.45) is 5.92 Å². The van der Waals surface area contributed by atoms with Gasteiger partial charge < -0.3 is 14.8 Å². The summed E-state index contributed by atoms with van der Waals surface area (Å²) in [7, 11) is 1.30. The van der Waals surface area contributed by atoms with Crippen LogP contribution in [0, 0.1) is 5.92 Å². The summed E-state index contributed by atoms with van der Waals surface area (Å²) < 4.78 is 10.5. The molecule has 5 nitrogen and oxygen atoms in total. The Morgan fingerprint density at radius 2 is 1.62 bits per heavy atom. The van der Waals surface area contributed by atoms with E-state index in [1.807, 2.05) is 44.2 Å². The first-order chi connectivity index (χ1) is 11.5. The summed E-state index contributed by atoms with van der Waals surface area (Å²) in [5, 5.41) is 2.71. The van der Waals surface area contributed by atoms with Crippen molar-refractivity contribution in [1.29, 1.82) is 0 Å². The average molecular weight is 327 g/mol. The Labute approximate surface area is 141 Å². The molecule has 126 valence electrons. The van der Waals surface area contributed by atoms with E-state index in [2.05, 4.69) is 5.32 Å². The third-order valence-electron chi connectivity index (χ3n) is 3.48. The Morgan fingerprint density at radius 3 is 2.25 bits per heavy atom. The number of nitrogens with one attached hydrogen (secondary N) is 1. The molecule has 2 aromatic rings. The normalized spacial score (nSPS) is 11.7. The number of esters is 1. The van der Waals surface area contributed by atoms with Gasteiger partial charge in [-0.1, -0.05) is 38.1 Å². The molecule has 0 saturated heterocycles. The van der Waals surface area contributed by atoms with Gasteiger partial charge in [-0.25, -0.2) is 4.79 Å². The predicted molar refractivity (Wildman–Crippen MR) is 91.1 cm³/mol. The molecule has 0 aliphatic carbocycles. The van der Waals surface area contributed by atoms with Gasteiger partial charge in [0.05, 0.1) is 7.11 Å². The monoisotopic (exact) mass is 327 g/mol. The molecule has 0 aliphatic heterocycles. The minimum Gasteiger partial charge on any atom is -0.467 e. The molecule has 1 amide bonds. The molecule has 0 spiro atoms. The maximum Gasteiger partial charge on any atom is 0.328 e. The van der Waals surface area contributed by atoms with Crippen LogP contribution in [-0.4, -0.2) is 25.0 Å². The number of benzene rings is 2. The van der Waals surface area contributed by atoms with Crippen molar-refractivity contribution in [1.82, 2.24) is 5.32 Å². The fourth-order valence-electron chi connectivity index (χ4n) is 2.17. The zero-order valence-corrected chi connectivity index (χ0v) is 14.0. The maximum atomic E-state index is 12.4. The van der Waals surface area contributed by atoms with Gasteiger partial charge in [0.25, 0.3) is 5.91 Å². The minimum atomic E-state index is -0.693. The Bertz CT molecular complexity index is 698. The van der Waals surface area contributed by atoms with E-state index in [4.69, 9.17) is 9.47 Å². The zero-order chi connectivity index (χ0) is 17.5. The second-order valence-corrected chi connectivity index (χ2v) is 5.66. The van der Waals surface area contributed by atoms with E-state index in [-0.39, 0.29) is 11.8 Å². The van der Waals surface area contributed by atoms with Gasteiger partial charge in [-0.2, -0.15) is 0 Å². The van der Waals surface area contributed by atoms with Gasteiger partial charge in [0.15, 0.2) is 0 Å². The van der Waals surface area contributed by atoms with Gasteiger partial charge in [-0.05, 0) is 36.2 Å². The second kappa shape index (κ2) is 8.15. The smallest absolute Gasteiger partial charge is 0.328 e. The summed E-state index contributed by atoms with van der Waals surface area (Å²) in [5.74, 6) is 0.343. The first kappa shape index (κ1) is 17.5. The molecule has 1 N–H and O–H groups in total. The van der Waals surface area contributed by atoms with Gasteiger partial charge in [-0.15, -0.1) is 0 Å². The van der Waals surface area contributed by atoms with Crippen LogP contribution in [0.5, 0.6) is 11.5 Å². The van der Waals surface area contributed by atoms with Crippen molar-refractivity contribution in [3.05, 3.63) is 60.2 Å². The summed E-state index contributed by atoms with van der Waals surface area (Å²) in [5.41, 5.74) is 0.415. The second-order valence-electron chi connectivity index (χ2n) is 5.66. The molecule has 0 saturated carbocycles. The Balaban J connectivity index is 2.12. The first-order valence-electron chi connectivity index (χ1n) is 7.73. The quantitative estimate of drug-likeness (QED) is 0.826. The lowest BCUT2D eigenvalue weighted by Crippen LogP contribution is -2.45. The number of rotatable bonds is 6. The molecule has 0 aromatic heterocycles. The third-order valence-corrected chi connectivity index (χ3v) is 3.48. The van der Waals surface area contributed by atoms with Crippen LogP contribution in [0.3, 0.4) is 0 Å². The zero-order valence-electron chi connectivity index (χ0n) is 14.0. The Kier molecular flexibility index (Phi) is 5.95. The number of ether oxygens (including phenoxy) is 2. The predicted octanol–water partition coefficient (Wildman–Crippen LogP) is 3.41. The Hall–Kier alpha value is -2.82. The summed E-state index contributed by atoms with van der Waals surface area (Å²) >= 11 is 0. The molecular weight excluding hydrogens is 306 g/mol. The van der Waals surface area contributed by atoms with E-state index < -0.39 is 12.0 Å². The van der Waals surface area contributed by atoms with Gasteiger partial charge in [0.2, 0.25) is 0 Å². The molecule has 0 aliphatic rings. The van der Waals surface area contributed by atoms with Crippen LogP contribution in [0.15, 0.2) is 54.6 Å². The van der Waals surface area contributed by atoms with Crippen molar-refractivity contribution >= 4 is 11.9 Å². The van der Waals surface area contributed by atoms with E-state index in [0.29, 0.717) is 17.1 Å². The first-order valence-corrected chi connectivity index (χ1v) is 7.73. The van der Waals surface area contributed by atoms with Crippen molar-refractivity contribution < 1.29 is 19.1 Å². The number of hydrogen-bond donors (Lipinski definition) is 1. The van der Waals surface area contributed by atoms with Crippen LogP contribution >= 0.6 is 0 Å². The van der Waals surface area contributed by atoms with Crippen molar-refractivity contribution in [3.63, 3.8) is 0 Å².